The maximum absolute atomic E-state index is 12.1. The van der Waals surface area contributed by atoms with Crippen LogP contribution in [0.25, 0.3) is 10.1 Å². The standard InChI is InChI=1S/C13H18N2S.C7H7F/c1-3-9-15(10-4-2)13-11-7-5-6-8-12(11)16-14-13;1-6-2-4-7(8)5-3-6/h5-8H,3-4,9-10H2,1-2H3;2-5H,1H3. The minimum atomic E-state index is -0.171. The fourth-order valence-corrected chi connectivity index (χ4v) is 3.29. The maximum Gasteiger partial charge on any atom is 0.150 e. The van der Waals surface area contributed by atoms with Crippen molar-refractivity contribution in [3.05, 3.63) is 59.9 Å². The first-order chi connectivity index (χ1) is 11.7. The van der Waals surface area contributed by atoms with Crippen LogP contribution in [0.2, 0.25) is 0 Å². The number of halogens is 1. The molecule has 0 aliphatic heterocycles. The zero-order valence-electron chi connectivity index (χ0n) is 14.6. The fraction of sp³-hybridized carbons (Fsp3) is 0.350. The summed E-state index contributed by atoms with van der Waals surface area (Å²) in [4.78, 5) is 2.40. The summed E-state index contributed by atoms with van der Waals surface area (Å²) in [5.74, 6) is 1.000. The van der Waals surface area contributed by atoms with Gasteiger partial charge in [-0.15, -0.1) is 0 Å². The second-order valence-corrected chi connectivity index (χ2v) is 6.59. The molecule has 0 N–H and O–H groups in total. The molecule has 0 amide bonds. The van der Waals surface area contributed by atoms with Crippen molar-refractivity contribution in [3.8, 4) is 0 Å². The van der Waals surface area contributed by atoms with E-state index < -0.39 is 0 Å². The van der Waals surface area contributed by atoms with Crippen LogP contribution in [0.4, 0.5) is 10.2 Å². The third kappa shape index (κ3) is 5.03. The molecule has 24 heavy (non-hydrogen) atoms. The van der Waals surface area contributed by atoms with Gasteiger partial charge in [0.05, 0.1) is 4.70 Å². The Hall–Kier alpha value is -1.94. The Morgan fingerprint density at radius 2 is 1.58 bits per heavy atom. The normalized spacial score (nSPS) is 10.3. The maximum atomic E-state index is 12.1. The number of fused-ring (bicyclic) bond motifs is 1. The van der Waals surface area contributed by atoms with Crippen LogP contribution >= 0.6 is 11.5 Å². The molecule has 0 atom stereocenters. The molecule has 3 rings (SSSR count). The number of anilines is 1. The second kappa shape index (κ2) is 9.38. The molecule has 1 aromatic heterocycles. The summed E-state index contributed by atoms with van der Waals surface area (Å²) >= 11 is 1.60. The number of nitrogens with zero attached hydrogens (tertiary/aromatic N) is 2. The molecule has 0 fully saturated rings. The predicted octanol–water partition coefficient (Wildman–Crippen LogP) is 6.06. The highest BCUT2D eigenvalue weighted by Gasteiger charge is 2.11. The highest BCUT2D eigenvalue weighted by molar-refractivity contribution is 7.13. The van der Waals surface area contributed by atoms with Crippen molar-refractivity contribution in [1.29, 1.82) is 0 Å². The number of hydrogen-bond acceptors (Lipinski definition) is 3. The molecule has 0 spiro atoms. The number of benzene rings is 2. The average Bonchev–Trinajstić information content (AvgIpc) is 3.02. The van der Waals surface area contributed by atoms with Gasteiger partial charge in [-0.2, -0.15) is 4.37 Å². The Morgan fingerprint density at radius 3 is 2.17 bits per heavy atom. The van der Waals surface area contributed by atoms with E-state index in [0.717, 1.165) is 18.7 Å². The first-order valence-electron chi connectivity index (χ1n) is 8.47. The lowest BCUT2D eigenvalue weighted by molar-refractivity contribution is 0.627. The van der Waals surface area contributed by atoms with Crippen molar-refractivity contribution in [3.63, 3.8) is 0 Å². The van der Waals surface area contributed by atoms with Gasteiger partial charge in [0.15, 0.2) is 0 Å². The molecule has 0 saturated carbocycles. The lowest BCUT2D eigenvalue weighted by Crippen LogP contribution is -2.25. The average molecular weight is 344 g/mol. The van der Waals surface area contributed by atoms with E-state index in [2.05, 4.69) is 47.4 Å². The summed E-state index contributed by atoms with van der Waals surface area (Å²) in [5, 5.41) is 1.30. The van der Waals surface area contributed by atoms with Gasteiger partial charge in [-0.25, -0.2) is 4.39 Å². The van der Waals surface area contributed by atoms with Gasteiger partial charge >= 0.3 is 0 Å². The van der Waals surface area contributed by atoms with Crippen molar-refractivity contribution in [2.75, 3.05) is 18.0 Å². The summed E-state index contributed by atoms with van der Waals surface area (Å²) in [5.41, 5.74) is 1.09. The molecule has 128 valence electrons. The number of aromatic nitrogens is 1. The molecule has 0 radical (unpaired) electrons. The Labute approximate surface area is 148 Å². The van der Waals surface area contributed by atoms with Gasteiger partial charge in [0.2, 0.25) is 0 Å². The minimum Gasteiger partial charge on any atom is -0.355 e. The molecular weight excluding hydrogens is 319 g/mol. The number of rotatable bonds is 5. The Bertz CT molecular complexity index is 710. The molecular formula is C20H25FN2S. The van der Waals surface area contributed by atoms with E-state index >= 15 is 0 Å². The van der Waals surface area contributed by atoms with Gasteiger partial charge in [-0.1, -0.05) is 43.7 Å². The van der Waals surface area contributed by atoms with Crippen LogP contribution < -0.4 is 4.90 Å². The van der Waals surface area contributed by atoms with Crippen molar-refractivity contribution in [1.82, 2.24) is 4.37 Å². The van der Waals surface area contributed by atoms with Gasteiger partial charge in [0.1, 0.15) is 11.6 Å². The zero-order chi connectivity index (χ0) is 17.4. The number of aryl methyl sites for hydroxylation is 1. The zero-order valence-corrected chi connectivity index (χ0v) is 15.4. The lowest BCUT2D eigenvalue weighted by Gasteiger charge is -2.21. The van der Waals surface area contributed by atoms with Crippen LogP contribution in [0.5, 0.6) is 0 Å². The first-order valence-corrected chi connectivity index (χ1v) is 9.24. The van der Waals surface area contributed by atoms with Gasteiger partial charge in [0.25, 0.3) is 0 Å². The summed E-state index contributed by atoms with van der Waals surface area (Å²) in [6, 6.07) is 14.9. The van der Waals surface area contributed by atoms with E-state index in [9.17, 15) is 4.39 Å². The third-order valence-corrected chi connectivity index (χ3v) is 4.47. The summed E-state index contributed by atoms with van der Waals surface area (Å²) in [6.07, 6.45) is 2.34. The molecule has 3 aromatic rings. The Kier molecular flexibility index (Phi) is 7.19. The molecule has 2 nitrogen and oxygen atoms in total. The van der Waals surface area contributed by atoms with E-state index in [1.807, 2.05) is 6.92 Å². The first kappa shape index (κ1) is 18.4. The van der Waals surface area contributed by atoms with Crippen molar-refractivity contribution < 1.29 is 4.39 Å². The van der Waals surface area contributed by atoms with Crippen molar-refractivity contribution in [2.24, 2.45) is 0 Å². The molecule has 0 aliphatic rings. The summed E-state index contributed by atoms with van der Waals surface area (Å²) in [7, 11) is 0. The van der Waals surface area contributed by atoms with Crippen molar-refractivity contribution >= 4 is 27.4 Å². The van der Waals surface area contributed by atoms with Gasteiger partial charge in [-0.3, -0.25) is 0 Å². The highest BCUT2D eigenvalue weighted by Crippen LogP contribution is 2.29. The van der Waals surface area contributed by atoms with E-state index in [1.165, 1.54) is 40.9 Å². The SMILES string of the molecule is CCCN(CCC)c1nsc2ccccc12.Cc1ccc(F)cc1. The van der Waals surface area contributed by atoms with E-state index in [-0.39, 0.29) is 5.82 Å². The van der Waals surface area contributed by atoms with E-state index in [0.29, 0.717) is 0 Å². The predicted molar refractivity (Wildman–Crippen MR) is 104 cm³/mol. The molecule has 1 heterocycles. The Balaban J connectivity index is 0.000000219. The largest absolute Gasteiger partial charge is 0.355 e. The van der Waals surface area contributed by atoms with E-state index in [1.54, 1.807) is 23.7 Å². The van der Waals surface area contributed by atoms with Crippen LogP contribution in [0.3, 0.4) is 0 Å². The minimum absolute atomic E-state index is 0.171. The van der Waals surface area contributed by atoms with Gasteiger partial charge < -0.3 is 4.90 Å². The van der Waals surface area contributed by atoms with Crippen LogP contribution in [-0.4, -0.2) is 17.5 Å². The smallest absolute Gasteiger partial charge is 0.150 e. The van der Waals surface area contributed by atoms with Crippen LogP contribution in [0.1, 0.15) is 32.3 Å². The van der Waals surface area contributed by atoms with Crippen LogP contribution in [0, 0.1) is 12.7 Å². The van der Waals surface area contributed by atoms with Crippen molar-refractivity contribution in [2.45, 2.75) is 33.6 Å². The van der Waals surface area contributed by atoms with Gasteiger partial charge in [-0.05, 0) is 55.6 Å². The summed E-state index contributed by atoms with van der Waals surface area (Å²) < 4.78 is 18.0. The topological polar surface area (TPSA) is 16.1 Å². The second-order valence-electron chi connectivity index (χ2n) is 5.78. The third-order valence-electron chi connectivity index (χ3n) is 3.66. The lowest BCUT2D eigenvalue weighted by atomic mass is 10.2. The summed E-state index contributed by atoms with van der Waals surface area (Å²) in [6.45, 7) is 8.57. The van der Waals surface area contributed by atoms with E-state index in [4.69, 9.17) is 0 Å². The molecule has 4 heteroatoms. The monoisotopic (exact) mass is 344 g/mol. The highest BCUT2D eigenvalue weighted by atomic mass is 32.1. The quantitative estimate of drug-likeness (QED) is 0.559. The number of hydrogen-bond donors (Lipinski definition) is 0. The Morgan fingerprint density at radius 1 is 0.958 bits per heavy atom. The van der Waals surface area contributed by atoms with Crippen LogP contribution in [0.15, 0.2) is 48.5 Å². The van der Waals surface area contributed by atoms with Crippen LogP contribution in [-0.2, 0) is 0 Å². The molecule has 0 aliphatic carbocycles. The molecule has 2 aromatic carbocycles. The fourth-order valence-electron chi connectivity index (χ4n) is 2.50. The molecule has 0 bridgehead atoms. The molecule has 0 saturated heterocycles. The van der Waals surface area contributed by atoms with Gasteiger partial charge in [0, 0.05) is 18.5 Å². The molecule has 0 unspecified atom stereocenters.